The number of esters is 1. The summed E-state index contributed by atoms with van der Waals surface area (Å²) in [5.74, 6) is -0.445. The fraction of sp³-hybridized carbons (Fsp3) is 0.200. The molecule has 0 saturated carbocycles. The molecule has 0 aliphatic heterocycles. The third kappa shape index (κ3) is 1.69. The Balaban J connectivity index is 2.50. The van der Waals surface area contributed by atoms with Gasteiger partial charge in [0.15, 0.2) is 5.69 Å². The third-order valence-electron chi connectivity index (χ3n) is 2.16. The highest BCUT2D eigenvalue weighted by Gasteiger charge is 2.08. The molecule has 0 aliphatic carbocycles. The van der Waals surface area contributed by atoms with Crippen molar-refractivity contribution in [1.29, 1.82) is 0 Å². The van der Waals surface area contributed by atoms with Gasteiger partial charge in [0.2, 0.25) is 0 Å². The van der Waals surface area contributed by atoms with Gasteiger partial charge in [0.25, 0.3) is 0 Å². The fourth-order valence-corrected chi connectivity index (χ4v) is 1.39. The standard InChI is InChI=1S/C10H11N3O2/c1-15-10(14)9-6-13-5-7(3-11)2-8(13)4-12-9/h2,4-6H,3,11H2,1H3. The molecule has 0 aromatic carbocycles. The van der Waals surface area contributed by atoms with Crippen LogP contribution in [-0.4, -0.2) is 22.5 Å². The maximum absolute atomic E-state index is 11.2. The number of ether oxygens (including phenoxy) is 1. The second kappa shape index (κ2) is 3.70. The minimum absolute atomic E-state index is 0.282. The van der Waals surface area contributed by atoms with Gasteiger partial charge < -0.3 is 14.9 Å². The van der Waals surface area contributed by atoms with E-state index in [0.29, 0.717) is 6.54 Å². The van der Waals surface area contributed by atoms with Gasteiger partial charge >= 0.3 is 5.97 Å². The van der Waals surface area contributed by atoms with Gasteiger partial charge in [0.1, 0.15) is 0 Å². The first-order valence-electron chi connectivity index (χ1n) is 4.49. The Morgan fingerprint density at radius 3 is 3.07 bits per heavy atom. The molecule has 2 heterocycles. The van der Waals surface area contributed by atoms with Gasteiger partial charge in [-0.3, -0.25) is 0 Å². The number of hydrogen-bond donors (Lipinski definition) is 1. The molecule has 0 atom stereocenters. The number of fused-ring (bicyclic) bond motifs is 1. The van der Waals surface area contributed by atoms with Crippen molar-refractivity contribution in [2.75, 3.05) is 7.11 Å². The van der Waals surface area contributed by atoms with Crippen LogP contribution in [0.4, 0.5) is 0 Å². The Hall–Kier alpha value is -1.88. The van der Waals surface area contributed by atoms with Crippen molar-refractivity contribution in [3.63, 3.8) is 0 Å². The highest BCUT2D eigenvalue weighted by molar-refractivity contribution is 5.87. The average molecular weight is 205 g/mol. The predicted octanol–water partition coefficient (Wildman–Crippen LogP) is 0.580. The van der Waals surface area contributed by atoms with E-state index in [1.165, 1.54) is 7.11 Å². The Labute approximate surface area is 86.5 Å². The zero-order valence-corrected chi connectivity index (χ0v) is 8.30. The van der Waals surface area contributed by atoms with Gasteiger partial charge in [-0.15, -0.1) is 0 Å². The zero-order chi connectivity index (χ0) is 10.8. The molecule has 2 aromatic rings. The Morgan fingerprint density at radius 1 is 1.60 bits per heavy atom. The molecule has 0 aliphatic rings. The molecule has 0 spiro atoms. The van der Waals surface area contributed by atoms with E-state index in [1.807, 2.05) is 12.3 Å². The molecule has 0 saturated heterocycles. The van der Waals surface area contributed by atoms with Crippen molar-refractivity contribution in [3.8, 4) is 0 Å². The lowest BCUT2D eigenvalue weighted by Crippen LogP contribution is -2.05. The summed E-state index contributed by atoms with van der Waals surface area (Å²) in [7, 11) is 1.33. The summed E-state index contributed by atoms with van der Waals surface area (Å²) < 4.78 is 6.39. The molecule has 2 rings (SSSR count). The molecular weight excluding hydrogens is 194 g/mol. The van der Waals surface area contributed by atoms with Crippen LogP contribution in [0.1, 0.15) is 16.1 Å². The van der Waals surface area contributed by atoms with Crippen LogP contribution in [0.2, 0.25) is 0 Å². The summed E-state index contributed by atoms with van der Waals surface area (Å²) >= 11 is 0. The number of aromatic nitrogens is 2. The van der Waals surface area contributed by atoms with E-state index in [4.69, 9.17) is 5.73 Å². The monoisotopic (exact) mass is 205 g/mol. The van der Waals surface area contributed by atoms with Crippen molar-refractivity contribution >= 4 is 11.5 Å². The molecular formula is C10H11N3O2. The summed E-state index contributed by atoms with van der Waals surface area (Å²) in [6, 6.07) is 1.92. The molecule has 78 valence electrons. The predicted molar refractivity (Wildman–Crippen MR) is 54.4 cm³/mol. The van der Waals surface area contributed by atoms with Gasteiger partial charge in [-0.05, 0) is 11.6 Å². The van der Waals surface area contributed by atoms with Crippen LogP contribution in [0.25, 0.3) is 5.52 Å². The number of nitrogens with zero attached hydrogens (tertiary/aromatic N) is 2. The Kier molecular flexibility index (Phi) is 2.39. The van der Waals surface area contributed by atoms with E-state index in [-0.39, 0.29) is 5.69 Å². The summed E-state index contributed by atoms with van der Waals surface area (Å²) in [6.45, 7) is 0.467. The summed E-state index contributed by atoms with van der Waals surface area (Å²) in [5, 5.41) is 0. The number of carbonyl (C=O) groups excluding carboxylic acids is 1. The molecule has 0 radical (unpaired) electrons. The smallest absolute Gasteiger partial charge is 0.358 e. The first kappa shape index (κ1) is 9.67. The van der Waals surface area contributed by atoms with Crippen LogP contribution in [0, 0.1) is 0 Å². The van der Waals surface area contributed by atoms with Crippen molar-refractivity contribution in [2.45, 2.75) is 6.54 Å². The minimum atomic E-state index is -0.445. The second-order valence-electron chi connectivity index (χ2n) is 3.15. The number of methoxy groups -OCH3 is 1. The van der Waals surface area contributed by atoms with Gasteiger partial charge in [0.05, 0.1) is 18.8 Å². The SMILES string of the molecule is COC(=O)c1cn2cc(CN)cc2cn1. The van der Waals surface area contributed by atoms with Gasteiger partial charge in [0, 0.05) is 18.9 Å². The topological polar surface area (TPSA) is 69.6 Å². The number of hydrogen-bond acceptors (Lipinski definition) is 4. The molecule has 2 N–H and O–H groups in total. The minimum Gasteiger partial charge on any atom is -0.464 e. The lowest BCUT2D eigenvalue weighted by atomic mass is 10.3. The van der Waals surface area contributed by atoms with E-state index < -0.39 is 5.97 Å². The summed E-state index contributed by atoms with van der Waals surface area (Å²) in [4.78, 5) is 15.2. The molecule has 5 heteroatoms. The molecule has 0 amide bonds. The lowest BCUT2D eigenvalue weighted by molar-refractivity contribution is 0.0593. The molecule has 0 unspecified atom stereocenters. The van der Waals surface area contributed by atoms with Gasteiger partial charge in [-0.25, -0.2) is 9.78 Å². The van der Waals surface area contributed by atoms with Gasteiger partial charge in [-0.1, -0.05) is 0 Å². The van der Waals surface area contributed by atoms with Crippen LogP contribution in [0.15, 0.2) is 24.7 Å². The maximum atomic E-state index is 11.2. The van der Waals surface area contributed by atoms with E-state index in [1.54, 1.807) is 16.8 Å². The number of nitrogens with two attached hydrogens (primary N) is 1. The molecule has 2 aromatic heterocycles. The summed E-state index contributed by atoms with van der Waals surface area (Å²) in [6.07, 6.45) is 5.11. The zero-order valence-electron chi connectivity index (χ0n) is 8.30. The van der Waals surface area contributed by atoms with Crippen LogP contribution < -0.4 is 5.73 Å². The normalized spacial score (nSPS) is 10.5. The quantitative estimate of drug-likeness (QED) is 0.728. The van der Waals surface area contributed by atoms with Crippen molar-refractivity contribution in [2.24, 2.45) is 5.73 Å². The second-order valence-corrected chi connectivity index (χ2v) is 3.15. The lowest BCUT2D eigenvalue weighted by Gasteiger charge is -1.99. The fourth-order valence-electron chi connectivity index (χ4n) is 1.39. The highest BCUT2D eigenvalue weighted by Crippen LogP contribution is 2.09. The maximum Gasteiger partial charge on any atom is 0.358 e. The number of carbonyl (C=O) groups is 1. The van der Waals surface area contributed by atoms with Crippen LogP contribution in [0.3, 0.4) is 0 Å². The largest absolute Gasteiger partial charge is 0.464 e. The van der Waals surface area contributed by atoms with Crippen LogP contribution in [-0.2, 0) is 11.3 Å². The Morgan fingerprint density at radius 2 is 2.40 bits per heavy atom. The van der Waals surface area contributed by atoms with E-state index in [9.17, 15) is 4.79 Å². The van der Waals surface area contributed by atoms with Crippen molar-refractivity contribution in [1.82, 2.24) is 9.38 Å². The third-order valence-corrected chi connectivity index (χ3v) is 2.16. The van der Waals surface area contributed by atoms with Crippen LogP contribution >= 0.6 is 0 Å². The average Bonchev–Trinajstić information content (AvgIpc) is 2.69. The summed E-state index contributed by atoms with van der Waals surface area (Å²) in [5.41, 5.74) is 7.70. The number of rotatable bonds is 2. The highest BCUT2D eigenvalue weighted by atomic mass is 16.5. The molecule has 5 nitrogen and oxygen atoms in total. The van der Waals surface area contributed by atoms with E-state index >= 15 is 0 Å². The van der Waals surface area contributed by atoms with Crippen molar-refractivity contribution in [3.05, 3.63) is 35.9 Å². The first-order valence-corrected chi connectivity index (χ1v) is 4.49. The Bertz CT molecular complexity index is 504. The molecule has 0 bridgehead atoms. The van der Waals surface area contributed by atoms with E-state index in [2.05, 4.69) is 9.72 Å². The van der Waals surface area contributed by atoms with E-state index in [0.717, 1.165) is 11.1 Å². The molecule has 0 fully saturated rings. The first-order chi connectivity index (χ1) is 7.24. The van der Waals surface area contributed by atoms with Gasteiger partial charge in [-0.2, -0.15) is 0 Å². The van der Waals surface area contributed by atoms with Crippen LogP contribution in [0.5, 0.6) is 0 Å². The van der Waals surface area contributed by atoms with Crippen molar-refractivity contribution < 1.29 is 9.53 Å². The molecule has 15 heavy (non-hydrogen) atoms.